The van der Waals surface area contributed by atoms with Crippen molar-refractivity contribution in [3.63, 3.8) is 0 Å². The fourth-order valence-electron chi connectivity index (χ4n) is 3.62. The minimum Gasteiger partial charge on any atom is -0.508 e. The summed E-state index contributed by atoms with van der Waals surface area (Å²) in [6.45, 7) is 4.71. The van der Waals surface area contributed by atoms with Crippen molar-refractivity contribution in [1.29, 1.82) is 0 Å². The van der Waals surface area contributed by atoms with Crippen molar-refractivity contribution < 1.29 is 9.90 Å². The maximum absolute atomic E-state index is 12.5. The predicted octanol–water partition coefficient (Wildman–Crippen LogP) is 2.34. The molecular formula is C16H22N2O2. The molecule has 1 amide bonds. The minimum absolute atomic E-state index is 0.0593. The molecule has 4 heteroatoms. The highest BCUT2D eigenvalue weighted by Gasteiger charge is 2.42. The Morgan fingerprint density at radius 2 is 2.10 bits per heavy atom. The molecule has 0 bridgehead atoms. The summed E-state index contributed by atoms with van der Waals surface area (Å²) in [5.41, 5.74) is 2.47. The van der Waals surface area contributed by atoms with Gasteiger partial charge < -0.3 is 15.7 Å². The molecule has 0 spiro atoms. The van der Waals surface area contributed by atoms with E-state index in [-0.39, 0.29) is 17.7 Å². The second-order valence-corrected chi connectivity index (χ2v) is 6.18. The van der Waals surface area contributed by atoms with Crippen LogP contribution in [0, 0.1) is 25.7 Å². The lowest BCUT2D eigenvalue weighted by molar-refractivity contribution is -0.118. The summed E-state index contributed by atoms with van der Waals surface area (Å²) in [6.07, 6.45) is 3.65. The van der Waals surface area contributed by atoms with Crippen molar-refractivity contribution in [2.45, 2.75) is 39.2 Å². The monoisotopic (exact) mass is 274 g/mol. The lowest BCUT2D eigenvalue weighted by atomic mass is 9.93. The van der Waals surface area contributed by atoms with Crippen LogP contribution < -0.4 is 10.6 Å². The predicted molar refractivity (Wildman–Crippen MR) is 78.8 cm³/mol. The molecule has 0 aromatic heterocycles. The number of aryl methyl sites for hydroxylation is 2. The zero-order valence-electron chi connectivity index (χ0n) is 12.1. The molecule has 1 aliphatic heterocycles. The molecule has 3 atom stereocenters. The summed E-state index contributed by atoms with van der Waals surface area (Å²) >= 11 is 0. The molecule has 4 nitrogen and oxygen atoms in total. The number of aromatic hydroxyl groups is 1. The molecule has 1 saturated carbocycles. The number of rotatable bonds is 2. The van der Waals surface area contributed by atoms with Gasteiger partial charge in [0.1, 0.15) is 5.75 Å². The molecule has 1 saturated heterocycles. The standard InChI is InChI=1S/C16H22N2O2/c1-9-7-14(19)10(2)6-13(9)18-16(20)15-12-5-3-4-11(12)8-17-15/h6-7,11-12,15,17,19H,3-5,8H2,1-2H3,(H,18,20). The smallest absolute Gasteiger partial charge is 0.241 e. The molecule has 1 aromatic rings. The number of phenolic OH excluding ortho intramolecular Hbond substituents is 1. The van der Waals surface area contributed by atoms with Crippen molar-refractivity contribution in [2.75, 3.05) is 11.9 Å². The Hall–Kier alpha value is -1.55. The summed E-state index contributed by atoms with van der Waals surface area (Å²) in [5, 5.41) is 16.1. The third kappa shape index (κ3) is 2.29. The quantitative estimate of drug-likeness (QED) is 0.725. The summed E-state index contributed by atoms with van der Waals surface area (Å²) in [4.78, 5) is 12.5. The van der Waals surface area contributed by atoms with Gasteiger partial charge in [0.25, 0.3) is 0 Å². The van der Waals surface area contributed by atoms with Gasteiger partial charge in [-0.3, -0.25) is 4.79 Å². The lowest BCUT2D eigenvalue weighted by Crippen LogP contribution is -2.39. The van der Waals surface area contributed by atoms with Crippen molar-refractivity contribution in [2.24, 2.45) is 11.8 Å². The Kier molecular flexibility index (Phi) is 3.42. The number of phenols is 1. The Bertz CT molecular complexity index is 542. The summed E-state index contributed by atoms with van der Waals surface area (Å²) in [7, 11) is 0. The molecule has 2 fully saturated rings. The summed E-state index contributed by atoms with van der Waals surface area (Å²) in [5.74, 6) is 1.50. The average Bonchev–Trinajstić information content (AvgIpc) is 2.97. The van der Waals surface area contributed by atoms with Crippen LogP contribution in [-0.2, 0) is 4.79 Å². The largest absolute Gasteiger partial charge is 0.508 e. The van der Waals surface area contributed by atoms with Gasteiger partial charge in [-0.2, -0.15) is 0 Å². The molecule has 20 heavy (non-hydrogen) atoms. The van der Waals surface area contributed by atoms with Gasteiger partial charge in [0, 0.05) is 5.69 Å². The van der Waals surface area contributed by atoms with Gasteiger partial charge in [-0.15, -0.1) is 0 Å². The van der Waals surface area contributed by atoms with Gasteiger partial charge >= 0.3 is 0 Å². The molecule has 2 aliphatic rings. The summed E-state index contributed by atoms with van der Waals surface area (Å²) < 4.78 is 0. The molecular weight excluding hydrogens is 252 g/mol. The number of carbonyl (C=O) groups excluding carboxylic acids is 1. The van der Waals surface area contributed by atoms with E-state index in [0.29, 0.717) is 11.8 Å². The van der Waals surface area contributed by atoms with Gasteiger partial charge in [-0.25, -0.2) is 0 Å². The van der Waals surface area contributed by atoms with Crippen LogP contribution in [0.4, 0.5) is 5.69 Å². The number of benzene rings is 1. The average molecular weight is 274 g/mol. The molecule has 1 heterocycles. The molecule has 1 aromatic carbocycles. The number of carbonyl (C=O) groups is 1. The van der Waals surface area contributed by atoms with Crippen molar-refractivity contribution in [3.8, 4) is 5.75 Å². The topological polar surface area (TPSA) is 61.4 Å². The van der Waals surface area contributed by atoms with Crippen LogP contribution in [0.25, 0.3) is 0 Å². The van der Waals surface area contributed by atoms with Gasteiger partial charge in [0.2, 0.25) is 5.91 Å². The number of anilines is 1. The normalized spacial score (nSPS) is 28.4. The third-order valence-electron chi connectivity index (χ3n) is 4.83. The maximum Gasteiger partial charge on any atom is 0.241 e. The number of nitrogens with one attached hydrogen (secondary N) is 2. The fraction of sp³-hybridized carbons (Fsp3) is 0.562. The molecule has 0 radical (unpaired) electrons. The van der Waals surface area contributed by atoms with Gasteiger partial charge in [-0.05, 0) is 68.3 Å². The molecule has 1 aliphatic carbocycles. The number of fused-ring (bicyclic) bond motifs is 1. The Morgan fingerprint density at radius 1 is 1.30 bits per heavy atom. The van der Waals surface area contributed by atoms with Crippen molar-refractivity contribution >= 4 is 11.6 Å². The maximum atomic E-state index is 12.5. The van der Waals surface area contributed by atoms with E-state index in [2.05, 4.69) is 10.6 Å². The van der Waals surface area contributed by atoms with Crippen molar-refractivity contribution in [3.05, 3.63) is 23.3 Å². The van der Waals surface area contributed by atoms with E-state index in [4.69, 9.17) is 0 Å². The fourth-order valence-corrected chi connectivity index (χ4v) is 3.62. The zero-order chi connectivity index (χ0) is 14.3. The van der Waals surface area contributed by atoms with E-state index < -0.39 is 0 Å². The van der Waals surface area contributed by atoms with Crippen LogP contribution in [0.5, 0.6) is 5.75 Å². The molecule has 108 valence electrons. The van der Waals surface area contributed by atoms with Gasteiger partial charge in [0.15, 0.2) is 0 Å². The highest BCUT2D eigenvalue weighted by Crippen LogP contribution is 2.38. The van der Waals surface area contributed by atoms with Crippen LogP contribution in [0.3, 0.4) is 0 Å². The second-order valence-electron chi connectivity index (χ2n) is 6.18. The second kappa shape index (κ2) is 5.09. The van der Waals surface area contributed by atoms with E-state index in [9.17, 15) is 9.90 Å². The zero-order valence-corrected chi connectivity index (χ0v) is 12.1. The van der Waals surface area contributed by atoms with Crippen LogP contribution in [0.1, 0.15) is 30.4 Å². The molecule has 3 rings (SSSR count). The van der Waals surface area contributed by atoms with Crippen LogP contribution in [0.2, 0.25) is 0 Å². The van der Waals surface area contributed by atoms with Gasteiger partial charge in [-0.1, -0.05) is 6.42 Å². The van der Waals surface area contributed by atoms with E-state index in [0.717, 1.165) is 29.8 Å². The molecule has 3 N–H and O–H groups in total. The summed E-state index contributed by atoms with van der Waals surface area (Å²) in [6, 6.07) is 3.48. The number of hydrogen-bond acceptors (Lipinski definition) is 3. The Morgan fingerprint density at radius 3 is 2.90 bits per heavy atom. The van der Waals surface area contributed by atoms with Gasteiger partial charge in [0.05, 0.1) is 6.04 Å². The first-order valence-corrected chi connectivity index (χ1v) is 7.40. The Labute approximate surface area is 119 Å². The van der Waals surface area contributed by atoms with Crippen LogP contribution in [0.15, 0.2) is 12.1 Å². The van der Waals surface area contributed by atoms with Crippen molar-refractivity contribution in [1.82, 2.24) is 5.32 Å². The first-order chi connectivity index (χ1) is 9.56. The lowest BCUT2D eigenvalue weighted by Gasteiger charge is -2.19. The van der Waals surface area contributed by atoms with E-state index in [1.54, 1.807) is 6.07 Å². The molecule has 3 unspecified atom stereocenters. The third-order valence-corrected chi connectivity index (χ3v) is 4.83. The highest BCUT2D eigenvalue weighted by molar-refractivity contribution is 5.96. The van der Waals surface area contributed by atoms with E-state index in [1.165, 1.54) is 12.8 Å². The van der Waals surface area contributed by atoms with E-state index >= 15 is 0 Å². The van der Waals surface area contributed by atoms with Crippen LogP contribution in [-0.4, -0.2) is 23.6 Å². The minimum atomic E-state index is -0.0593. The first-order valence-electron chi connectivity index (χ1n) is 7.40. The number of amides is 1. The SMILES string of the molecule is Cc1cc(NC(=O)C2NCC3CCCC32)c(C)cc1O. The number of hydrogen-bond donors (Lipinski definition) is 3. The van der Waals surface area contributed by atoms with E-state index in [1.807, 2.05) is 19.9 Å². The highest BCUT2D eigenvalue weighted by atomic mass is 16.3. The first kappa shape index (κ1) is 13.4. The Balaban J connectivity index is 1.75. The van der Waals surface area contributed by atoms with Crippen LogP contribution >= 0.6 is 0 Å².